The van der Waals surface area contributed by atoms with E-state index in [4.69, 9.17) is 21.9 Å². The van der Waals surface area contributed by atoms with Crippen LogP contribution in [0.5, 0.6) is 0 Å². The Labute approximate surface area is 121 Å². The lowest BCUT2D eigenvalue weighted by atomic mass is 10.1. The molecule has 3 aromatic rings. The van der Waals surface area contributed by atoms with E-state index < -0.39 is 0 Å². The predicted molar refractivity (Wildman–Crippen MR) is 79.2 cm³/mol. The first-order valence-electron chi connectivity index (χ1n) is 6.32. The van der Waals surface area contributed by atoms with E-state index in [2.05, 4.69) is 16.5 Å². The number of hydrogen-bond acceptors (Lipinski definition) is 4. The molecule has 1 atom stereocenters. The highest BCUT2D eigenvalue weighted by molar-refractivity contribution is 6.28. The number of hydrazine groups is 1. The second-order valence-corrected chi connectivity index (χ2v) is 4.93. The van der Waals surface area contributed by atoms with Crippen LogP contribution in [0.15, 0.2) is 52.9 Å². The van der Waals surface area contributed by atoms with Crippen LogP contribution in [0.4, 0.5) is 0 Å². The molecular formula is C15H14ClN3O. The van der Waals surface area contributed by atoms with Crippen LogP contribution in [0.2, 0.25) is 5.22 Å². The van der Waals surface area contributed by atoms with Crippen LogP contribution in [0.25, 0.3) is 10.9 Å². The summed E-state index contributed by atoms with van der Waals surface area (Å²) in [5.74, 6) is 6.30. The number of nitrogens with zero attached hydrogens (tertiary/aromatic N) is 1. The van der Waals surface area contributed by atoms with Crippen molar-refractivity contribution in [3.63, 3.8) is 0 Å². The third-order valence-corrected chi connectivity index (χ3v) is 3.41. The average molecular weight is 288 g/mol. The number of pyridine rings is 1. The number of benzene rings is 1. The van der Waals surface area contributed by atoms with Crippen LogP contribution in [-0.4, -0.2) is 4.98 Å². The van der Waals surface area contributed by atoms with Crippen LogP contribution < -0.4 is 11.3 Å². The molecule has 0 aliphatic rings. The van der Waals surface area contributed by atoms with Crippen LogP contribution in [0.3, 0.4) is 0 Å². The number of nitrogens with one attached hydrogen (secondary N) is 1. The fourth-order valence-electron chi connectivity index (χ4n) is 2.19. The van der Waals surface area contributed by atoms with Gasteiger partial charge in [0.15, 0.2) is 5.22 Å². The Balaban J connectivity index is 1.87. The number of furan rings is 1. The van der Waals surface area contributed by atoms with Crippen molar-refractivity contribution >= 4 is 22.5 Å². The zero-order chi connectivity index (χ0) is 13.9. The molecule has 0 saturated heterocycles. The van der Waals surface area contributed by atoms with Crippen molar-refractivity contribution in [3.05, 3.63) is 65.2 Å². The van der Waals surface area contributed by atoms with Crippen LogP contribution >= 0.6 is 11.6 Å². The maximum Gasteiger partial charge on any atom is 0.193 e. The van der Waals surface area contributed by atoms with Crippen molar-refractivity contribution in [2.75, 3.05) is 0 Å². The molecule has 3 N–H and O–H groups in total. The minimum atomic E-state index is -0.156. The zero-order valence-electron chi connectivity index (χ0n) is 10.7. The molecule has 0 spiro atoms. The molecule has 0 bridgehead atoms. The summed E-state index contributed by atoms with van der Waals surface area (Å²) in [6.45, 7) is 0. The largest absolute Gasteiger partial charge is 0.448 e. The van der Waals surface area contributed by atoms with Gasteiger partial charge < -0.3 is 4.42 Å². The van der Waals surface area contributed by atoms with Crippen molar-refractivity contribution in [2.24, 2.45) is 5.84 Å². The van der Waals surface area contributed by atoms with Gasteiger partial charge in [0.2, 0.25) is 0 Å². The number of rotatable bonds is 4. The molecule has 4 nitrogen and oxygen atoms in total. The van der Waals surface area contributed by atoms with E-state index in [9.17, 15) is 0 Å². The number of nitrogens with two attached hydrogens (primary N) is 1. The van der Waals surface area contributed by atoms with Gasteiger partial charge in [-0.2, -0.15) is 0 Å². The lowest BCUT2D eigenvalue weighted by Gasteiger charge is -2.13. The fraction of sp³-hybridized carbons (Fsp3) is 0.133. The van der Waals surface area contributed by atoms with Gasteiger partial charge in [-0.15, -0.1) is 0 Å². The van der Waals surface area contributed by atoms with E-state index in [0.29, 0.717) is 17.4 Å². The van der Waals surface area contributed by atoms with Crippen molar-refractivity contribution in [1.82, 2.24) is 10.4 Å². The first-order valence-corrected chi connectivity index (χ1v) is 6.70. The van der Waals surface area contributed by atoms with Crippen LogP contribution in [0, 0.1) is 0 Å². The lowest BCUT2D eigenvalue weighted by Crippen LogP contribution is -2.29. The maximum absolute atomic E-state index is 5.79. The third-order valence-electron chi connectivity index (χ3n) is 3.21. The SMILES string of the molecule is NNC(Cc1ccc2ccccc2n1)c1ccc(Cl)o1. The third kappa shape index (κ3) is 2.67. The molecule has 1 aromatic carbocycles. The van der Waals surface area contributed by atoms with E-state index in [1.54, 1.807) is 6.07 Å². The molecule has 0 amide bonds. The molecule has 0 saturated carbocycles. The molecular weight excluding hydrogens is 274 g/mol. The molecule has 1 unspecified atom stereocenters. The van der Waals surface area contributed by atoms with Crippen molar-refractivity contribution in [2.45, 2.75) is 12.5 Å². The second-order valence-electron chi connectivity index (χ2n) is 4.56. The van der Waals surface area contributed by atoms with Gasteiger partial charge in [0.1, 0.15) is 5.76 Å². The maximum atomic E-state index is 5.79. The summed E-state index contributed by atoms with van der Waals surface area (Å²) < 4.78 is 5.39. The Bertz CT molecular complexity index is 726. The smallest absolute Gasteiger partial charge is 0.193 e. The lowest BCUT2D eigenvalue weighted by molar-refractivity contribution is 0.415. The summed E-state index contributed by atoms with van der Waals surface area (Å²) in [6.07, 6.45) is 0.630. The summed E-state index contributed by atoms with van der Waals surface area (Å²) in [7, 11) is 0. The average Bonchev–Trinajstić information content (AvgIpc) is 2.91. The first kappa shape index (κ1) is 13.1. The summed E-state index contributed by atoms with van der Waals surface area (Å²) in [6, 6.07) is 15.4. The van der Waals surface area contributed by atoms with Crippen molar-refractivity contribution < 1.29 is 4.42 Å². The Morgan fingerprint density at radius 1 is 1.15 bits per heavy atom. The van der Waals surface area contributed by atoms with Gasteiger partial charge in [-0.3, -0.25) is 10.8 Å². The number of halogens is 1. The molecule has 0 aliphatic carbocycles. The summed E-state index contributed by atoms with van der Waals surface area (Å²) in [5, 5.41) is 1.47. The Kier molecular flexibility index (Phi) is 3.69. The van der Waals surface area contributed by atoms with Gasteiger partial charge in [0.25, 0.3) is 0 Å². The highest BCUT2D eigenvalue weighted by atomic mass is 35.5. The molecule has 5 heteroatoms. The molecule has 20 heavy (non-hydrogen) atoms. The standard InChI is InChI=1S/C15H14ClN3O/c16-15-8-7-14(20-15)13(19-17)9-11-6-5-10-3-1-2-4-12(10)18-11/h1-8,13,19H,9,17H2. The quantitative estimate of drug-likeness (QED) is 0.571. The zero-order valence-corrected chi connectivity index (χ0v) is 11.5. The van der Waals surface area contributed by atoms with E-state index in [-0.39, 0.29) is 6.04 Å². The van der Waals surface area contributed by atoms with Crippen molar-refractivity contribution in [3.8, 4) is 0 Å². The Morgan fingerprint density at radius 3 is 2.75 bits per heavy atom. The number of para-hydroxylation sites is 1. The first-order chi connectivity index (χ1) is 9.76. The summed E-state index contributed by atoms with van der Waals surface area (Å²) >= 11 is 5.79. The molecule has 2 aromatic heterocycles. The van der Waals surface area contributed by atoms with Gasteiger partial charge in [-0.1, -0.05) is 24.3 Å². The second kappa shape index (κ2) is 5.63. The minimum absolute atomic E-state index is 0.156. The minimum Gasteiger partial charge on any atom is -0.448 e. The molecule has 0 radical (unpaired) electrons. The van der Waals surface area contributed by atoms with Crippen molar-refractivity contribution in [1.29, 1.82) is 0 Å². The molecule has 0 fully saturated rings. The monoisotopic (exact) mass is 287 g/mol. The summed E-state index contributed by atoms with van der Waals surface area (Å²) in [4.78, 5) is 4.63. The highest BCUT2D eigenvalue weighted by Gasteiger charge is 2.15. The van der Waals surface area contributed by atoms with E-state index in [1.807, 2.05) is 36.4 Å². The fourth-order valence-corrected chi connectivity index (χ4v) is 2.34. The Hall–Kier alpha value is -1.88. The topological polar surface area (TPSA) is 64.1 Å². The number of hydrogen-bond donors (Lipinski definition) is 2. The molecule has 2 heterocycles. The van der Waals surface area contributed by atoms with Crippen LogP contribution in [0.1, 0.15) is 17.5 Å². The van der Waals surface area contributed by atoms with Gasteiger partial charge in [-0.05, 0) is 35.9 Å². The molecule has 0 aliphatic heterocycles. The van der Waals surface area contributed by atoms with Gasteiger partial charge in [0.05, 0.1) is 11.6 Å². The van der Waals surface area contributed by atoms with Gasteiger partial charge >= 0.3 is 0 Å². The number of fused-ring (bicyclic) bond motifs is 1. The molecule has 3 rings (SSSR count). The van der Waals surface area contributed by atoms with Gasteiger partial charge in [0, 0.05) is 17.5 Å². The molecule has 102 valence electrons. The highest BCUT2D eigenvalue weighted by Crippen LogP contribution is 2.23. The van der Waals surface area contributed by atoms with Crippen LogP contribution in [-0.2, 0) is 6.42 Å². The van der Waals surface area contributed by atoms with E-state index in [0.717, 1.165) is 16.6 Å². The van der Waals surface area contributed by atoms with E-state index >= 15 is 0 Å². The predicted octanol–water partition coefficient (Wildman–Crippen LogP) is 3.23. The number of aromatic nitrogens is 1. The Morgan fingerprint density at radius 2 is 2.00 bits per heavy atom. The normalized spacial score (nSPS) is 12.7. The van der Waals surface area contributed by atoms with Gasteiger partial charge in [-0.25, -0.2) is 5.43 Å². The van der Waals surface area contributed by atoms with E-state index in [1.165, 1.54) is 0 Å². The summed E-state index contributed by atoms with van der Waals surface area (Å²) in [5.41, 5.74) is 4.65.